The number of aromatic nitrogens is 4. The largest absolute Gasteiger partial charge is 0.341 e. The predicted molar refractivity (Wildman–Crippen MR) is 92.8 cm³/mol. The summed E-state index contributed by atoms with van der Waals surface area (Å²) >= 11 is 0. The molecule has 1 aromatic carbocycles. The van der Waals surface area contributed by atoms with Gasteiger partial charge in [-0.15, -0.1) is 0 Å². The van der Waals surface area contributed by atoms with Crippen molar-refractivity contribution in [2.75, 3.05) is 0 Å². The second-order valence-electron chi connectivity index (χ2n) is 6.52. The lowest BCUT2D eigenvalue weighted by molar-refractivity contribution is 0.509. The zero-order valence-corrected chi connectivity index (χ0v) is 13.3. The summed E-state index contributed by atoms with van der Waals surface area (Å²) in [5.41, 5.74) is 1.63. The van der Waals surface area contributed by atoms with Crippen molar-refractivity contribution in [3.8, 4) is 6.07 Å². The van der Waals surface area contributed by atoms with Gasteiger partial charge in [0.1, 0.15) is 5.82 Å². The fraction of sp³-hybridized carbons (Fsp3) is 0.222. The highest BCUT2D eigenvalue weighted by Crippen LogP contribution is 2.33. The Bertz CT molecular complexity index is 1190. The lowest BCUT2D eigenvalue weighted by Crippen LogP contribution is -2.18. The summed E-state index contributed by atoms with van der Waals surface area (Å²) in [7, 11) is 0. The van der Waals surface area contributed by atoms with Crippen molar-refractivity contribution >= 4 is 32.7 Å². The maximum Gasteiger partial charge on any atom is 0.258 e. The van der Waals surface area contributed by atoms with E-state index in [-0.39, 0.29) is 5.56 Å². The Hall–Kier alpha value is -3.20. The third-order valence-corrected chi connectivity index (χ3v) is 4.40. The molecular formula is C18H15N5O. The van der Waals surface area contributed by atoms with Crippen LogP contribution in [0.15, 0.2) is 35.4 Å². The fourth-order valence-electron chi connectivity index (χ4n) is 3.08. The number of fused-ring (bicyclic) bond motifs is 6. The van der Waals surface area contributed by atoms with E-state index in [1.54, 1.807) is 12.4 Å². The molecule has 0 aliphatic rings. The summed E-state index contributed by atoms with van der Waals surface area (Å²) in [5, 5.41) is 11.2. The van der Waals surface area contributed by atoms with Gasteiger partial charge in [-0.3, -0.25) is 9.78 Å². The van der Waals surface area contributed by atoms with Gasteiger partial charge in [0.15, 0.2) is 0 Å². The molecule has 4 rings (SSSR count). The van der Waals surface area contributed by atoms with Crippen LogP contribution in [0.5, 0.6) is 0 Å². The topological polar surface area (TPSA) is 98.2 Å². The zero-order valence-electron chi connectivity index (χ0n) is 13.3. The SMILES string of the molecule is CC(C)(CC#N)c1nc2c3cccnc3c3c(=O)[nH]ccc3c2[nH]1. The van der Waals surface area contributed by atoms with Gasteiger partial charge in [0.25, 0.3) is 5.56 Å². The maximum absolute atomic E-state index is 12.4. The summed E-state index contributed by atoms with van der Waals surface area (Å²) in [6.07, 6.45) is 3.65. The second kappa shape index (κ2) is 4.90. The van der Waals surface area contributed by atoms with Gasteiger partial charge in [-0.1, -0.05) is 13.8 Å². The van der Waals surface area contributed by atoms with Crippen molar-refractivity contribution in [3.63, 3.8) is 0 Å². The van der Waals surface area contributed by atoms with Crippen LogP contribution >= 0.6 is 0 Å². The molecule has 0 amide bonds. The van der Waals surface area contributed by atoms with Crippen LogP contribution in [-0.4, -0.2) is 19.9 Å². The Balaban J connectivity index is 2.23. The van der Waals surface area contributed by atoms with Crippen molar-refractivity contribution in [2.45, 2.75) is 25.7 Å². The molecule has 6 heteroatoms. The number of benzene rings is 1. The minimum Gasteiger partial charge on any atom is -0.341 e. The van der Waals surface area contributed by atoms with Crippen LogP contribution in [0.2, 0.25) is 0 Å². The highest BCUT2D eigenvalue weighted by Gasteiger charge is 2.26. The van der Waals surface area contributed by atoms with Gasteiger partial charge in [0.05, 0.1) is 28.0 Å². The molecule has 0 saturated carbocycles. The first-order chi connectivity index (χ1) is 11.5. The highest BCUT2D eigenvalue weighted by atomic mass is 16.1. The molecule has 6 nitrogen and oxygen atoms in total. The predicted octanol–water partition coefficient (Wildman–Crippen LogP) is 3.14. The van der Waals surface area contributed by atoms with Gasteiger partial charge in [0.2, 0.25) is 0 Å². The Morgan fingerprint density at radius 3 is 2.88 bits per heavy atom. The van der Waals surface area contributed by atoms with E-state index in [2.05, 4.69) is 21.0 Å². The first-order valence-electron chi connectivity index (χ1n) is 7.68. The van der Waals surface area contributed by atoms with Crippen LogP contribution in [-0.2, 0) is 5.41 Å². The van der Waals surface area contributed by atoms with Gasteiger partial charge >= 0.3 is 0 Å². The van der Waals surface area contributed by atoms with Crippen molar-refractivity contribution in [3.05, 3.63) is 46.8 Å². The van der Waals surface area contributed by atoms with Gasteiger partial charge < -0.3 is 9.97 Å². The first kappa shape index (κ1) is 14.4. The molecule has 4 aromatic rings. The van der Waals surface area contributed by atoms with Crippen molar-refractivity contribution < 1.29 is 0 Å². The molecule has 0 atom stereocenters. The highest BCUT2D eigenvalue weighted by molar-refractivity contribution is 6.21. The Morgan fingerprint density at radius 1 is 1.25 bits per heavy atom. The molecule has 0 bridgehead atoms. The van der Waals surface area contributed by atoms with E-state index in [1.807, 2.05) is 32.0 Å². The number of hydrogen-bond donors (Lipinski definition) is 2. The van der Waals surface area contributed by atoms with Crippen LogP contribution in [0.25, 0.3) is 32.7 Å². The van der Waals surface area contributed by atoms with Gasteiger partial charge in [-0.05, 0) is 18.2 Å². The van der Waals surface area contributed by atoms with Crippen molar-refractivity contribution in [1.29, 1.82) is 5.26 Å². The maximum atomic E-state index is 12.4. The van der Waals surface area contributed by atoms with E-state index in [4.69, 9.17) is 10.2 Å². The molecule has 0 saturated heterocycles. The van der Waals surface area contributed by atoms with Crippen LogP contribution in [0, 0.1) is 11.3 Å². The normalized spacial score (nSPS) is 12.0. The molecule has 0 aliphatic heterocycles. The molecular weight excluding hydrogens is 302 g/mol. The lowest BCUT2D eigenvalue weighted by Gasteiger charge is -2.17. The summed E-state index contributed by atoms with van der Waals surface area (Å²) in [5.74, 6) is 0.733. The van der Waals surface area contributed by atoms with Gasteiger partial charge in [0, 0.05) is 35.0 Å². The fourth-order valence-corrected chi connectivity index (χ4v) is 3.08. The monoisotopic (exact) mass is 317 g/mol. The third kappa shape index (κ3) is 1.91. The Kier molecular flexibility index (Phi) is 2.94. The summed E-state index contributed by atoms with van der Waals surface area (Å²) in [6, 6.07) is 7.81. The molecule has 0 spiro atoms. The van der Waals surface area contributed by atoms with Gasteiger partial charge in [-0.2, -0.15) is 5.26 Å². The Labute approximate surface area is 137 Å². The van der Waals surface area contributed by atoms with Crippen molar-refractivity contribution in [2.24, 2.45) is 0 Å². The average molecular weight is 317 g/mol. The first-order valence-corrected chi connectivity index (χ1v) is 7.68. The number of pyridine rings is 2. The quantitative estimate of drug-likeness (QED) is 0.555. The molecule has 0 fully saturated rings. The number of hydrogen-bond acceptors (Lipinski definition) is 4. The summed E-state index contributed by atoms with van der Waals surface area (Å²) in [6.45, 7) is 3.95. The lowest BCUT2D eigenvalue weighted by atomic mass is 9.89. The van der Waals surface area contributed by atoms with E-state index in [0.717, 1.165) is 27.6 Å². The number of nitrogens with zero attached hydrogens (tertiary/aromatic N) is 3. The van der Waals surface area contributed by atoms with Crippen LogP contribution in [0.1, 0.15) is 26.1 Å². The van der Waals surface area contributed by atoms with Crippen LogP contribution in [0.3, 0.4) is 0 Å². The number of imidazole rings is 1. The number of nitrogens with one attached hydrogen (secondary N) is 2. The van der Waals surface area contributed by atoms with Crippen LogP contribution in [0.4, 0.5) is 0 Å². The average Bonchev–Trinajstić information content (AvgIpc) is 3.01. The van der Waals surface area contributed by atoms with Crippen LogP contribution < -0.4 is 5.56 Å². The zero-order chi connectivity index (χ0) is 16.9. The van der Waals surface area contributed by atoms with E-state index in [0.29, 0.717) is 17.3 Å². The standard InChI is InChI=1S/C18H15N5O/c1-18(2,6-7-19)17-22-14-10-5-9-21-16(24)12(10)13-11(15(14)23-17)4-3-8-20-13/h3-5,8-9H,6H2,1-2H3,(H,21,24)(H,22,23). The molecule has 0 unspecified atom stereocenters. The number of rotatable bonds is 2. The molecule has 2 N–H and O–H groups in total. The van der Waals surface area contributed by atoms with E-state index < -0.39 is 5.41 Å². The summed E-state index contributed by atoms with van der Waals surface area (Å²) in [4.78, 5) is 27.6. The van der Waals surface area contributed by atoms with E-state index in [1.165, 1.54) is 0 Å². The molecule has 0 radical (unpaired) electrons. The molecule has 24 heavy (non-hydrogen) atoms. The molecule has 3 aromatic heterocycles. The molecule has 118 valence electrons. The summed E-state index contributed by atoms with van der Waals surface area (Å²) < 4.78 is 0. The number of nitriles is 1. The minimum atomic E-state index is -0.407. The van der Waals surface area contributed by atoms with Crippen molar-refractivity contribution in [1.82, 2.24) is 19.9 Å². The Morgan fingerprint density at radius 2 is 2.08 bits per heavy atom. The molecule has 3 heterocycles. The van der Waals surface area contributed by atoms with E-state index >= 15 is 0 Å². The second-order valence-corrected chi connectivity index (χ2v) is 6.52. The number of H-pyrrole nitrogens is 2. The van der Waals surface area contributed by atoms with Gasteiger partial charge in [-0.25, -0.2) is 4.98 Å². The van der Waals surface area contributed by atoms with E-state index in [9.17, 15) is 4.79 Å². The number of aromatic amines is 2. The minimum absolute atomic E-state index is 0.175. The smallest absolute Gasteiger partial charge is 0.258 e. The molecule has 0 aliphatic carbocycles. The third-order valence-electron chi connectivity index (χ3n) is 4.40.